The van der Waals surface area contributed by atoms with Crippen LogP contribution < -0.4 is 0 Å². The van der Waals surface area contributed by atoms with Gasteiger partial charge in [0.2, 0.25) is 0 Å². The predicted molar refractivity (Wildman–Crippen MR) is 41.4 cm³/mol. The molecule has 13 heavy (non-hydrogen) atoms. The first-order valence-electron chi connectivity index (χ1n) is 3.55. The minimum absolute atomic E-state index is 0.581. The van der Waals surface area contributed by atoms with Crippen LogP contribution in [0.25, 0.3) is 0 Å². The van der Waals surface area contributed by atoms with Crippen molar-refractivity contribution in [2.45, 2.75) is 24.4 Å². The van der Waals surface area contributed by atoms with E-state index in [4.69, 9.17) is 30.7 Å². The van der Waals surface area contributed by atoms with Gasteiger partial charge >= 0.3 is 0 Å². The second kappa shape index (κ2) is 5.84. The van der Waals surface area contributed by atoms with Gasteiger partial charge in [0.25, 0.3) is 0 Å². The zero-order chi connectivity index (χ0) is 10.4. The molecule has 78 valence electrons. The number of rotatable bonds is 5. The molecule has 0 aliphatic heterocycles. The third-order valence-corrected chi connectivity index (χ3v) is 1.50. The molecule has 0 spiro atoms. The summed E-state index contributed by atoms with van der Waals surface area (Å²) < 4.78 is 0. The van der Waals surface area contributed by atoms with Gasteiger partial charge in [-0.15, -0.1) is 0 Å². The van der Waals surface area contributed by atoms with E-state index in [1.807, 2.05) is 0 Å². The van der Waals surface area contributed by atoms with Crippen LogP contribution in [0.1, 0.15) is 0 Å². The summed E-state index contributed by atoms with van der Waals surface area (Å²) >= 11 is 0. The maximum atomic E-state index is 9.05. The Labute approximate surface area is 74.2 Å². The highest BCUT2D eigenvalue weighted by molar-refractivity contribution is 5.62. The highest BCUT2D eigenvalue weighted by atomic mass is 16.4. The van der Waals surface area contributed by atoms with Crippen LogP contribution in [0, 0.1) is 0 Å². The molecule has 0 fully saturated rings. The van der Waals surface area contributed by atoms with Gasteiger partial charge in [0.15, 0.2) is 0 Å². The van der Waals surface area contributed by atoms with Crippen LogP contribution in [0.5, 0.6) is 0 Å². The van der Waals surface area contributed by atoms with E-state index in [9.17, 15) is 0 Å². The molecule has 7 nitrogen and oxygen atoms in total. The van der Waals surface area contributed by atoms with Gasteiger partial charge in [-0.2, -0.15) is 0 Å². The summed E-state index contributed by atoms with van der Waals surface area (Å²) in [5, 5.41) is 54.6. The van der Waals surface area contributed by atoms with E-state index < -0.39 is 31.0 Å². The number of hydrogen-bond donors (Lipinski definition) is 6. The molecule has 0 rings (SSSR count). The highest BCUT2D eigenvalue weighted by Gasteiger charge is 2.29. The van der Waals surface area contributed by atoms with E-state index in [0.29, 0.717) is 6.21 Å². The van der Waals surface area contributed by atoms with Gasteiger partial charge in [-0.05, 0) is 0 Å². The summed E-state index contributed by atoms with van der Waals surface area (Å²) in [6.45, 7) is -0.749. The molecule has 0 bridgehead atoms. The minimum Gasteiger partial charge on any atom is -0.411 e. The molecule has 0 aliphatic rings. The lowest BCUT2D eigenvalue weighted by Crippen LogP contribution is -2.46. The monoisotopic (exact) mass is 195 g/mol. The Kier molecular flexibility index (Phi) is 5.51. The molecule has 0 unspecified atom stereocenters. The predicted octanol–water partition coefficient (Wildman–Crippen LogP) is -3.12. The SMILES string of the molecule is OC[C@@H](O)[C@H](O)[C@@H](O)[C@@H](O)C=NO. The molecule has 0 aromatic heterocycles. The molecule has 4 atom stereocenters. The van der Waals surface area contributed by atoms with Gasteiger partial charge in [0, 0.05) is 0 Å². The summed E-state index contributed by atoms with van der Waals surface area (Å²) in [5.74, 6) is 0. The van der Waals surface area contributed by atoms with Crippen LogP contribution in [0.2, 0.25) is 0 Å². The van der Waals surface area contributed by atoms with Crippen LogP contribution in [0.15, 0.2) is 5.16 Å². The van der Waals surface area contributed by atoms with E-state index in [1.54, 1.807) is 0 Å². The first-order chi connectivity index (χ1) is 6.04. The summed E-state index contributed by atoms with van der Waals surface area (Å²) in [5.41, 5.74) is 0. The molecule has 0 heterocycles. The molecule has 0 amide bonds. The molecule has 0 aromatic rings. The van der Waals surface area contributed by atoms with E-state index in [-0.39, 0.29) is 0 Å². The van der Waals surface area contributed by atoms with Gasteiger partial charge in [0.05, 0.1) is 12.8 Å². The molecule has 7 heteroatoms. The zero-order valence-electron chi connectivity index (χ0n) is 6.72. The number of nitrogens with zero attached hydrogens (tertiary/aromatic N) is 1. The normalized spacial score (nSPS) is 21.3. The lowest BCUT2D eigenvalue weighted by atomic mass is 10.0. The molecule has 0 aromatic carbocycles. The van der Waals surface area contributed by atoms with Gasteiger partial charge in [0.1, 0.15) is 24.4 Å². The van der Waals surface area contributed by atoms with Crippen LogP contribution in [-0.2, 0) is 0 Å². The molecular formula is C6H13NO6. The maximum absolute atomic E-state index is 9.05. The van der Waals surface area contributed by atoms with Gasteiger partial charge in [-0.1, -0.05) is 5.16 Å². The Morgan fingerprint density at radius 3 is 2.00 bits per heavy atom. The van der Waals surface area contributed by atoms with Crippen molar-refractivity contribution in [1.29, 1.82) is 0 Å². The van der Waals surface area contributed by atoms with Crippen molar-refractivity contribution in [3.05, 3.63) is 0 Å². The fraction of sp³-hybridized carbons (Fsp3) is 0.833. The number of aliphatic hydroxyl groups excluding tert-OH is 5. The van der Waals surface area contributed by atoms with Gasteiger partial charge < -0.3 is 30.7 Å². The largest absolute Gasteiger partial charge is 0.411 e. The molecule has 0 aliphatic carbocycles. The Hall–Kier alpha value is -0.730. The summed E-state index contributed by atoms with van der Waals surface area (Å²) in [4.78, 5) is 0. The molecule has 0 saturated carbocycles. The second-order valence-corrected chi connectivity index (χ2v) is 2.49. The van der Waals surface area contributed by atoms with Crippen molar-refractivity contribution in [3.63, 3.8) is 0 Å². The average Bonchev–Trinajstić information content (AvgIpc) is 2.14. The third kappa shape index (κ3) is 3.66. The first-order valence-corrected chi connectivity index (χ1v) is 3.55. The van der Waals surface area contributed by atoms with Crippen LogP contribution in [0.4, 0.5) is 0 Å². The Balaban J connectivity index is 4.15. The molecular weight excluding hydrogens is 182 g/mol. The van der Waals surface area contributed by atoms with E-state index in [2.05, 4.69) is 5.16 Å². The second-order valence-electron chi connectivity index (χ2n) is 2.49. The first kappa shape index (κ1) is 12.3. The van der Waals surface area contributed by atoms with E-state index in [0.717, 1.165) is 0 Å². The minimum atomic E-state index is -1.72. The smallest absolute Gasteiger partial charge is 0.121 e. The molecule has 0 radical (unpaired) electrons. The van der Waals surface area contributed by atoms with Crippen molar-refractivity contribution >= 4 is 6.21 Å². The Morgan fingerprint density at radius 2 is 1.62 bits per heavy atom. The molecule has 0 saturated heterocycles. The average molecular weight is 195 g/mol. The topological polar surface area (TPSA) is 134 Å². The number of aliphatic hydroxyl groups is 5. The summed E-state index contributed by atoms with van der Waals surface area (Å²) in [6, 6.07) is 0. The lowest BCUT2D eigenvalue weighted by molar-refractivity contribution is -0.100. The van der Waals surface area contributed by atoms with Crippen molar-refractivity contribution in [2.75, 3.05) is 6.61 Å². The fourth-order valence-corrected chi connectivity index (χ4v) is 0.694. The van der Waals surface area contributed by atoms with Gasteiger partial charge in [-0.25, -0.2) is 0 Å². The lowest BCUT2D eigenvalue weighted by Gasteiger charge is -2.23. The van der Waals surface area contributed by atoms with Crippen LogP contribution in [-0.4, -0.2) is 68.0 Å². The van der Waals surface area contributed by atoms with Crippen molar-refractivity contribution in [3.8, 4) is 0 Å². The van der Waals surface area contributed by atoms with Crippen LogP contribution in [0.3, 0.4) is 0 Å². The van der Waals surface area contributed by atoms with Gasteiger partial charge in [-0.3, -0.25) is 0 Å². The van der Waals surface area contributed by atoms with Crippen LogP contribution >= 0.6 is 0 Å². The quantitative estimate of drug-likeness (QED) is 0.156. The highest BCUT2D eigenvalue weighted by Crippen LogP contribution is 2.03. The Morgan fingerprint density at radius 1 is 1.08 bits per heavy atom. The maximum Gasteiger partial charge on any atom is 0.121 e. The number of hydrogen-bond acceptors (Lipinski definition) is 7. The van der Waals surface area contributed by atoms with E-state index in [1.165, 1.54) is 0 Å². The zero-order valence-corrected chi connectivity index (χ0v) is 6.72. The molecule has 6 N–H and O–H groups in total. The van der Waals surface area contributed by atoms with E-state index >= 15 is 0 Å². The third-order valence-electron chi connectivity index (χ3n) is 1.50. The van der Waals surface area contributed by atoms with Crippen molar-refractivity contribution in [2.24, 2.45) is 5.16 Å². The Bertz CT molecular complexity index is 163. The summed E-state index contributed by atoms with van der Waals surface area (Å²) in [7, 11) is 0. The fourth-order valence-electron chi connectivity index (χ4n) is 0.694. The number of oxime groups is 1. The van der Waals surface area contributed by atoms with Crippen molar-refractivity contribution < 1.29 is 30.7 Å². The van der Waals surface area contributed by atoms with Crippen molar-refractivity contribution in [1.82, 2.24) is 0 Å². The summed E-state index contributed by atoms with van der Waals surface area (Å²) in [6.07, 6.45) is -6.02. The standard InChI is InChI=1S/C6H13NO6/c8-2-4(10)6(12)5(11)3(9)1-7-13/h1,3-6,8-13H,2H2/t3-,4+,5-,6-/m0/s1.